The maximum atomic E-state index is 13.3. The highest BCUT2D eigenvalue weighted by Crippen LogP contribution is 2.33. The molecule has 17 unspecified atom stereocenters. The number of ether oxygens (including phenoxy) is 6. The summed E-state index contributed by atoms with van der Waals surface area (Å²) in [5.74, 6) is -0.290. The van der Waals surface area contributed by atoms with E-state index in [0.717, 1.165) is 44.9 Å². The third-order valence-corrected chi connectivity index (χ3v) is 17.9. The van der Waals surface area contributed by atoms with Crippen molar-refractivity contribution in [3.05, 3.63) is 36.5 Å². The zero-order valence-corrected chi connectivity index (χ0v) is 55.2. The molecule has 0 spiro atoms. The summed E-state index contributed by atoms with van der Waals surface area (Å²) >= 11 is 0. The van der Waals surface area contributed by atoms with Gasteiger partial charge in [-0.3, -0.25) is 4.79 Å². The van der Waals surface area contributed by atoms with Gasteiger partial charge < -0.3 is 89.9 Å². The lowest BCUT2D eigenvalue weighted by Crippen LogP contribution is -2.66. The van der Waals surface area contributed by atoms with E-state index in [4.69, 9.17) is 28.4 Å². The Labute approximate surface area is 536 Å². The molecule has 1 amide bonds. The summed E-state index contributed by atoms with van der Waals surface area (Å²) in [5, 5.41) is 120. The molecule has 89 heavy (non-hydrogen) atoms. The average Bonchev–Trinajstić information content (AvgIpc) is 3.46. The minimum atomic E-state index is -1.98. The second-order valence-electron chi connectivity index (χ2n) is 25.7. The van der Waals surface area contributed by atoms with Crippen LogP contribution in [0.2, 0.25) is 0 Å². The van der Waals surface area contributed by atoms with Crippen molar-refractivity contribution in [3.8, 4) is 0 Å². The first-order chi connectivity index (χ1) is 43.3. The Bertz CT molecular complexity index is 1760. The fourth-order valence-electron chi connectivity index (χ4n) is 12.1. The number of hydrogen-bond acceptors (Lipinski definition) is 18. The number of unbranched alkanes of at least 4 members (excludes halogenated alkanes) is 35. The van der Waals surface area contributed by atoms with Crippen LogP contribution in [0.4, 0.5) is 0 Å². The molecule has 17 atom stereocenters. The van der Waals surface area contributed by atoms with E-state index in [2.05, 4.69) is 43.5 Å². The van der Waals surface area contributed by atoms with Crippen molar-refractivity contribution in [3.63, 3.8) is 0 Å². The third kappa shape index (κ3) is 34.3. The molecule has 12 N–H and O–H groups in total. The second kappa shape index (κ2) is 52.3. The standard InChI is InChI=1S/C70H129NO18/c1-3-5-7-9-11-13-15-16-17-18-19-20-21-22-23-24-25-26-27-28-29-30-31-32-33-34-35-36-38-39-41-43-45-47-54(75)53(71-58(76)48-46-44-42-40-37-14-12-10-8-6-4-2)52-84-68-64(82)61(79)66(56(50-73)86-68)89-70-65(83)62(80)67(57(51-74)87-70)88-69-63(81)60(78)59(77)55(49-72)85-69/h33-34,38-39,45,47,53-57,59-70,72-75,77-83H,3-32,35-37,40-44,46,48-52H2,1-2H3,(H,71,76)/b34-33+,39-38+,47-45+. The van der Waals surface area contributed by atoms with Crippen LogP contribution in [-0.2, 0) is 33.2 Å². The van der Waals surface area contributed by atoms with Crippen molar-refractivity contribution in [1.82, 2.24) is 5.32 Å². The maximum absolute atomic E-state index is 13.3. The first-order valence-electron chi connectivity index (χ1n) is 35.7. The molecule has 3 aliphatic heterocycles. The van der Waals surface area contributed by atoms with E-state index in [1.807, 2.05) is 6.08 Å². The van der Waals surface area contributed by atoms with E-state index in [1.54, 1.807) is 6.08 Å². The summed E-state index contributed by atoms with van der Waals surface area (Å²) in [7, 11) is 0. The van der Waals surface area contributed by atoms with Crippen LogP contribution in [0.25, 0.3) is 0 Å². The maximum Gasteiger partial charge on any atom is 0.220 e. The van der Waals surface area contributed by atoms with Gasteiger partial charge in [0.1, 0.15) is 73.2 Å². The topological polar surface area (TPSA) is 307 Å². The smallest absolute Gasteiger partial charge is 0.220 e. The van der Waals surface area contributed by atoms with Crippen LogP contribution in [-0.4, -0.2) is 193 Å². The minimum absolute atomic E-state index is 0.234. The molecule has 522 valence electrons. The molecule has 0 aromatic heterocycles. The SMILES string of the molecule is CCCCCCCCCCCCCCCCCCCCCCCCC/C=C/CC/C=C/CC/C=C/C(O)C(COC1OC(CO)C(OC2OC(CO)C(OC3OC(CO)C(O)C(O)C3O)C(O)C2O)C(O)C1O)NC(=O)CCCCCCCCCCCCC. The number of aliphatic hydroxyl groups is 11. The van der Waals surface area contributed by atoms with Gasteiger partial charge in [-0.15, -0.1) is 0 Å². The molecule has 0 aromatic rings. The zero-order chi connectivity index (χ0) is 64.7. The molecule has 3 heterocycles. The van der Waals surface area contributed by atoms with Gasteiger partial charge in [0.2, 0.25) is 5.91 Å². The van der Waals surface area contributed by atoms with Crippen LogP contribution in [0.3, 0.4) is 0 Å². The molecule has 0 bridgehead atoms. The summed E-state index contributed by atoms with van der Waals surface area (Å²) in [6.07, 6.45) is 34.6. The lowest BCUT2D eigenvalue weighted by atomic mass is 9.96. The van der Waals surface area contributed by atoms with E-state index in [1.165, 1.54) is 193 Å². The van der Waals surface area contributed by atoms with Gasteiger partial charge in [-0.1, -0.05) is 256 Å². The first-order valence-corrected chi connectivity index (χ1v) is 35.7. The van der Waals surface area contributed by atoms with Crippen LogP contribution < -0.4 is 5.32 Å². The number of amides is 1. The normalized spacial score (nSPS) is 28.4. The number of nitrogens with one attached hydrogen (secondary N) is 1. The molecule has 3 rings (SSSR count). The Morgan fingerprint density at radius 1 is 0.393 bits per heavy atom. The summed E-state index contributed by atoms with van der Waals surface area (Å²) in [6, 6.07) is -0.993. The van der Waals surface area contributed by atoms with Gasteiger partial charge in [-0.2, -0.15) is 0 Å². The van der Waals surface area contributed by atoms with Gasteiger partial charge in [-0.05, 0) is 44.9 Å². The summed E-state index contributed by atoms with van der Waals surface area (Å²) in [4.78, 5) is 13.3. The molecule has 0 radical (unpaired) electrons. The largest absolute Gasteiger partial charge is 0.394 e. The Kier molecular flexibility index (Phi) is 47.7. The van der Waals surface area contributed by atoms with Gasteiger partial charge in [0.05, 0.1) is 38.6 Å². The summed E-state index contributed by atoms with van der Waals surface area (Å²) in [6.45, 7) is 1.70. The van der Waals surface area contributed by atoms with E-state index in [-0.39, 0.29) is 18.9 Å². The zero-order valence-electron chi connectivity index (χ0n) is 55.2. The fourth-order valence-corrected chi connectivity index (χ4v) is 12.1. The van der Waals surface area contributed by atoms with Gasteiger partial charge in [0.15, 0.2) is 18.9 Å². The molecule has 19 nitrogen and oxygen atoms in total. The number of hydrogen-bond donors (Lipinski definition) is 12. The van der Waals surface area contributed by atoms with Crippen LogP contribution >= 0.6 is 0 Å². The van der Waals surface area contributed by atoms with Gasteiger partial charge >= 0.3 is 0 Å². The van der Waals surface area contributed by atoms with Crippen molar-refractivity contribution < 1.29 is 89.4 Å². The molecule has 3 fully saturated rings. The predicted octanol–water partition coefficient (Wildman–Crippen LogP) is 9.61. The van der Waals surface area contributed by atoms with Crippen molar-refractivity contribution in [2.24, 2.45) is 0 Å². The fraction of sp³-hybridized carbons (Fsp3) is 0.900. The highest BCUT2D eigenvalue weighted by Gasteiger charge is 2.53. The van der Waals surface area contributed by atoms with Crippen LogP contribution in [0, 0.1) is 0 Å². The average molecular weight is 1270 g/mol. The van der Waals surface area contributed by atoms with Crippen LogP contribution in [0.15, 0.2) is 36.5 Å². The number of carbonyl (C=O) groups excluding carboxylic acids is 1. The van der Waals surface area contributed by atoms with E-state index < -0.39 is 124 Å². The molecule has 19 heteroatoms. The molecule has 3 saturated heterocycles. The van der Waals surface area contributed by atoms with Gasteiger partial charge in [-0.25, -0.2) is 0 Å². The summed E-state index contributed by atoms with van der Waals surface area (Å²) < 4.78 is 34.3. The van der Waals surface area contributed by atoms with Gasteiger partial charge in [0, 0.05) is 6.42 Å². The Morgan fingerprint density at radius 3 is 1.12 bits per heavy atom. The number of aliphatic hydroxyl groups excluding tert-OH is 11. The highest BCUT2D eigenvalue weighted by molar-refractivity contribution is 5.76. The van der Waals surface area contributed by atoms with Crippen molar-refractivity contribution in [2.45, 2.75) is 375 Å². The Balaban J connectivity index is 1.38. The molecular weight excluding hydrogens is 1140 g/mol. The van der Waals surface area contributed by atoms with Crippen molar-refractivity contribution in [2.75, 3.05) is 26.4 Å². The van der Waals surface area contributed by atoms with E-state index in [9.17, 15) is 61.0 Å². The van der Waals surface area contributed by atoms with Crippen LogP contribution in [0.1, 0.15) is 271 Å². The van der Waals surface area contributed by atoms with Gasteiger partial charge in [0.25, 0.3) is 0 Å². The summed E-state index contributed by atoms with van der Waals surface area (Å²) in [5.41, 5.74) is 0. The highest BCUT2D eigenvalue weighted by atomic mass is 16.8. The minimum Gasteiger partial charge on any atom is -0.394 e. The van der Waals surface area contributed by atoms with E-state index in [0.29, 0.717) is 12.8 Å². The van der Waals surface area contributed by atoms with E-state index >= 15 is 0 Å². The molecular formula is C70H129NO18. The molecule has 0 aromatic carbocycles. The molecule has 0 saturated carbocycles. The number of carbonyl (C=O) groups is 1. The van der Waals surface area contributed by atoms with Crippen molar-refractivity contribution >= 4 is 5.91 Å². The quantitative estimate of drug-likeness (QED) is 0.0199. The number of rotatable bonds is 55. The molecule has 3 aliphatic rings. The lowest BCUT2D eigenvalue weighted by molar-refractivity contribution is -0.379. The third-order valence-electron chi connectivity index (χ3n) is 17.9. The molecule has 0 aliphatic carbocycles. The first kappa shape index (κ1) is 81.2. The van der Waals surface area contributed by atoms with Crippen molar-refractivity contribution in [1.29, 1.82) is 0 Å². The van der Waals surface area contributed by atoms with Crippen LogP contribution in [0.5, 0.6) is 0 Å². The monoisotopic (exact) mass is 1270 g/mol. The Morgan fingerprint density at radius 2 is 0.719 bits per heavy atom. The number of allylic oxidation sites excluding steroid dienone is 5. The second-order valence-corrected chi connectivity index (χ2v) is 25.7. The predicted molar refractivity (Wildman–Crippen MR) is 346 cm³/mol. The lowest BCUT2D eigenvalue weighted by Gasteiger charge is -2.48. The Hall–Kier alpha value is -1.99.